The van der Waals surface area contributed by atoms with Crippen LogP contribution >= 0.6 is 0 Å². The molecule has 6 heteroatoms. The fourth-order valence-electron chi connectivity index (χ4n) is 1.61. The molecule has 0 aromatic rings. The molecular weight excluding hydrogens is 222 g/mol. The molecule has 6 nitrogen and oxygen atoms in total. The lowest BCUT2D eigenvalue weighted by atomic mass is 10.2. The van der Waals surface area contributed by atoms with Crippen LogP contribution in [0.3, 0.4) is 0 Å². The Labute approximate surface area is 102 Å². The van der Waals surface area contributed by atoms with Gasteiger partial charge in [0.05, 0.1) is 19.2 Å². The highest BCUT2D eigenvalue weighted by atomic mass is 16.3. The van der Waals surface area contributed by atoms with Crippen molar-refractivity contribution in [3.8, 4) is 0 Å². The molecule has 17 heavy (non-hydrogen) atoms. The summed E-state index contributed by atoms with van der Waals surface area (Å²) in [5.74, 6) is -0.227. The number of likely N-dealkylation sites (N-methyl/N-ethyl adjacent to an activating group) is 1. The number of aliphatic hydroxyl groups excluding tert-OH is 1. The lowest BCUT2D eigenvalue weighted by Gasteiger charge is -2.35. The van der Waals surface area contributed by atoms with Gasteiger partial charge in [-0.05, 0) is 6.42 Å². The Morgan fingerprint density at radius 3 is 2.65 bits per heavy atom. The van der Waals surface area contributed by atoms with Crippen LogP contribution in [0.15, 0.2) is 0 Å². The van der Waals surface area contributed by atoms with Crippen LogP contribution in [0.25, 0.3) is 0 Å². The summed E-state index contributed by atoms with van der Waals surface area (Å²) < 4.78 is 0. The average molecular weight is 243 g/mol. The molecule has 1 rings (SSSR count). The van der Waals surface area contributed by atoms with Gasteiger partial charge in [0, 0.05) is 26.7 Å². The van der Waals surface area contributed by atoms with Crippen LogP contribution in [0.2, 0.25) is 0 Å². The summed E-state index contributed by atoms with van der Waals surface area (Å²) in [4.78, 5) is 26.3. The zero-order valence-corrected chi connectivity index (χ0v) is 10.5. The lowest BCUT2D eigenvalue weighted by molar-refractivity contribution is -0.137. The molecule has 1 heterocycles. The van der Waals surface area contributed by atoms with E-state index in [0.717, 1.165) is 6.42 Å². The highest BCUT2D eigenvalue weighted by molar-refractivity contribution is 5.85. The summed E-state index contributed by atoms with van der Waals surface area (Å²) in [5, 5.41) is 11.8. The summed E-state index contributed by atoms with van der Waals surface area (Å²) >= 11 is 0. The van der Waals surface area contributed by atoms with Gasteiger partial charge >= 0.3 is 0 Å². The minimum atomic E-state index is -0.305. The molecular formula is C11H21N3O3. The molecule has 1 aliphatic rings. The summed E-state index contributed by atoms with van der Waals surface area (Å²) in [6.07, 6.45) is 0.579. The van der Waals surface area contributed by atoms with Gasteiger partial charge in [0.2, 0.25) is 11.8 Å². The molecule has 1 saturated heterocycles. The van der Waals surface area contributed by atoms with E-state index in [4.69, 9.17) is 5.11 Å². The van der Waals surface area contributed by atoms with Gasteiger partial charge in [-0.15, -0.1) is 0 Å². The standard InChI is InChI=1S/C11H21N3O3/c1-3-4-12-10(16)7-13(2)11(17)8-14-5-9(15)6-14/h9,15H,3-8H2,1-2H3,(H,12,16). The SMILES string of the molecule is CCCNC(=O)CN(C)C(=O)CN1CC(O)C1. The molecule has 0 spiro atoms. The van der Waals surface area contributed by atoms with Crippen LogP contribution in [0.5, 0.6) is 0 Å². The molecule has 2 amide bonds. The molecule has 98 valence electrons. The molecule has 0 atom stereocenters. The fraction of sp³-hybridized carbons (Fsp3) is 0.818. The van der Waals surface area contributed by atoms with Gasteiger partial charge in [0.15, 0.2) is 0 Å². The van der Waals surface area contributed by atoms with Crippen molar-refractivity contribution in [2.45, 2.75) is 19.4 Å². The zero-order chi connectivity index (χ0) is 12.8. The predicted molar refractivity (Wildman–Crippen MR) is 63.4 cm³/mol. The van der Waals surface area contributed by atoms with Gasteiger partial charge in [0.1, 0.15) is 0 Å². The molecule has 0 radical (unpaired) electrons. The van der Waals surface area contributed by atoms with E-state index in [0.29, 0.717) is 19.6 Å². The van der Waals surface area contributed by atoms with Crippen LogP contribution in [0.4, 0.5) is 0 Å². The zero-order valence-electron chi connectivity index (χ0n) is 10.5. The largest absolute Gasteiger partial charge is 0.390 e. The third-order valence-electron chi connectivity index (χ3n) is 2.68. The first-order valence-electron chi connectivity index (χ1n) is 5.94. The maximum absolute atomic E-state index is 11.7. The molecule has 0 bridgehead atoms. The first-order chi connectivity index (χ1) is 8.02. The van der Waals surface area contributed by atoms with E-state index in [9.17, 15) is 9.59 Å². The number of carbonyl (C=O) groups is 2. The Morgan fingerprint density at radius 1 is 1.47 bits per heavy atom. The van der Waals surface area contributed by atoms with Gasteiger partial charge in [0.25, 0.3) is 0 Å². The second kappa shape index (κ2) is 6.56. The minimum Gasteiger partial charge on any atom is -0.390 e. The maximum Gasteiger partial charge on any atom is 0.239 e. The Hall–Kier alpha value is -1.14. The quantitative estimate of drug-likeness (QED) is 0.605. The highest BCUT2D eigenvalue weighted by Gasteiger charge is 2.27. The van der Waals surface area contributed by atoms with E-state index in [-0.39, 0.29) is 31.0 Å². The van der Waals surface area contributed by atoms with Gasteiger partial charge in [-0.2, -0.15) is 0 Å². The molecule has 0 unspecified atom stereocenters. The molecule has 0 aliphatic carbocycles. The maximum atomic E-state index is 11.7. The number of likely N-dealkylation sites (tertiary alicyclic amines) is 1. The van der Waals surface area contributed by atoms with Crippen molar-refractivity contribution in [2.24, 2.45) is 0 Å². The average Bonchev–Trinajstić information content (AvgIpc) is 2.24. The first kappa shape index (κ1) is 13.9. The number of amides is 2. The number of nitrogens with one attached hydrogen (secondary N) is 1. The van der Waals surface area contributed by atoms with E-state index >= 15 is 0 Å². The van der Waals surface area contributed by atoms with Gasteiger partial charge in [-0.1, -0.05) is 6.92 Å². The Kier molecular flexibility index (Phi) is 5.37. The molecule has 0 saturated carbocycles. The van der Waals surface area contributed by atoms with Gasteiger partial charge < -0.3 is 15.3 Å². The van der Waals surface area contributed by atoms with Crippen LogP contribution < -0.4 is 5.32 Å². The van der Waals surface area contributed by atoms with Crippen molar-refractivity contribution >= 4 is 11.8 Å². The first-order valence-corrected chi connectivity index (χ1v) is 5.94. The minimum absolute atomic E-state index is 0.0925. The van der Waals surface area contributed by atoms with Crippen molar-refractivity contribution in [1.29, 1.82) is 0 Å². The third kappa shape index (κ3) is 4.70. The van der Waals surface area contributed by atoms with Crippen molar-refractivity contribution < 1.29 is 14.7 Å². The number of aliphatic hydroxyl groups is 1. The molecule has 2 N–H and O–H groups in total. The molecule has 0 aromatic carbocycles. The number of hydrogen-bond acceptors (Lipinski definition) is 4. The molecule has 1 aliphatic heterocycles. The van der Waals surface area contributed by atoms with Crippen molar-refractivity contribution in [1.82, 2.24) is 15.1 Å². The van der Waals surface area contributed by atoms with Crippen molar-refractivity contribution in [3.63, 3.8) is 0 Å². The van der Waals surface area contributed by atoms with Crippen molar-refractivity contribution in [2.75, 3.05) is 39.8 Å². The van der Waals surface area contributed by atoms with Crippen LogP contribution in [-0.2, 0) is 9.59 Å². The van der Waals surface area contributed by atoms with E-state index in [1.54, 1.807) is 7.05 Å². The topological polar surface area (TPSA) is 72.9 Å². The number of carbonyl (C=O) groups excluding carboxylic acids is 2. The number of nitrogens with zero attached hydrogens (tertiary/aromatic N) is 2. The Bertz CT molecular complexity index is 277. The smallest absolute Gasteiger partial charge is 0.239 e. The monoisotopic (exact) mass is 243 g/mol. The van der Waals surface area contributed by atoms with Gasteiger partial charge in [-0.25, -0.2) is 0 Å². The van der Waals surface area contributed by atoms with E-state index in [2.05, 4.69) is 5.32 Å². The molecule has 0 aromatic heterocycles. The number of hydrogen-bond donors (Lipinski definition) is 2. The lowest BCUT2D eigenvalue weighted by Crippen LogP contribution is -2.54. The van der Waals surface area contributed by atoms with Crippen LogP contribution in [0, 0.1) is 0 Å². The van der Waals surface area contributed by atoms with E-state index in [1.807, 2.05) is 11.8 Å². The Morgan fingerprint density at radius 2 is 2.12 bits per heavy atom. The summed E-state index contributed by atoms with van der Waals surface area (Å²) in [6.45, 7) is 4.07. The van der Waals surface area contributed by atoms with Gasteiger partial charge in [-0.3, -0.25) is 14.5 Å². The van der Waals surface area contributed by atoms with Crippen LogP contribution in [-0.4, -0.2) is 72.6 Å². The molecule has 1 fully saturated rings. The summed E-state index contributed by atoms with van der Waals surface area (Å²) in [5.41, 5.74) is 0. The second-order valence-corrected chi connectivity index (χ2v) is 4.45. The highest BCUT2D eigenvalue weighted by Crippen LogP contribution is 2.06. The number of β-amino-alcohol motifs (C(OH)–C–C–N with tert-alkyl or cyclic N) is 1. The summed E-state index contributed by atoms with van der Waals surface area (Å²) in [7, 11) is 1.62. The van der Waals surface area contributed by atoms with E-state index in [1.165, 1.54) is 4.90 Å². The third-order valence-corrected chi connectivity index (χ3v) is 2.68. The fourth-order valence-corrected chi connectivity index (χ4v) is 1.61. The summed E-state index contributed by atoms with van der Waals surface area (Å²) in [6, 6.07) is 0. The van der Waals surface area contributed by atoms with E-state index < -0.39 is 0 Å². The number of rotatable bonds is 6. The van der Waals surface area contributed by atoms with Crippen LogP contribution in [0.1, 0.15) is 13.3 Å². The Balaban J connectivity index is 2.19. The predicted octanol–water partition coefficient (Wildman–Crippen LogP) is -1.35. The normalized spacial score (nSPS) is 16.4. The second-order valence-electron chi connectivity index (χ2n) is 4.45. The van der Waals surface area contributed by atoms with Crippen molar-refractivity contribution in [3.05, 3.63) is 0 Å².